The largest absolute Gasteiger partial charge is 0.377 e. The first kappa shape index (κ1) is 12.3. The van der Waals surface area contributed by atoms with Crippen molar-refractivity contribution in [1.29, 1.82) is 0 Å². The first-order valence-corrected chi connectivity index (χ1v) is 4.41. The molecule has 5 N–H and O–H groups in total. The molecule has 13 heavy (non-hydrogen) atoms. The zero-order chi connectivity index (χ0) is 10.3. The third kappa shape index (κ3) is 7.70. The van der Waals surface area contributed by atoms with Gasteiger partial charge in [-0.2, -0.15) is 0 Å². The minimum absolute atomic E-state index is 0.228. The maximum atomic E-state index is 10.5. The smallest absolute Gasteiger partial charge is 0.235 e. The van der Waals surface area contributed by atoms with E-state index in [2.05, 4.69) is 5.32 Å². The van der Waals surface area contributed by atoms with Crippen molar-refractivity contribution in [2.45, 2.75) is 26.0 Å². The highest BCUT2D eigenvalue weighted by Gasteiger charge is 2.07. The zero-order valence-corrected chi connectivity index (χ0v) is 8.25. The van der Waals surface area contributed by atoms with Crippen LogP contribution >= 0.6 is 0 Å². The number of primary amides is 1. The van der Waals surface area contributed by atoms with Crippen molar-refractivity contribution in [2.75, 3.05) is 19.7 Å². The van der Waals surface area contributed by atoms with E-state index < -0.39 is 11.9 Å². The van der Waals surface area contributed by atoms with Gasteiger partial charge in [-0.05, 0) is 13.8 Å². The zero-order valence-electron chi connectivity index (χ0n) is 8.25. The summed E-state index contributed by atoms with van der Waals surface area (Å²) in [6.45, 7) is 5.63. The Morgan fingerprint density at radius 1 is 1.54 bits per heavy atom. The Hall–Kier alpha value is -0.650. The van der Waals surface area contributed by atoms with Crippen LogP contribution in [0.15, 0.2) is 0 Å². The molecule has 0 fully saturated rings. The van der Waals surface area contributed by atoms with E-state index in [4.69, 9.17) is 16.2 Å². The van der Waals surface area contributed by atoms with E-state index in [0.717, 1.165) is 0 Å². The molecular formula is C8H19N3O2. The van der Waals surface area contributed by atoms with Gasteiger partial charge in [-0.25, -0.2) is 0 Å². The molecule has 5 heteroatoms. The van der Waals surface area contributed by atoms with E-state index in [1.807, 2.05) is 13.8 Å². The Morgan fingerprint density at radius 3 is 2.62 bits per heavy atom. The molecule has 0 radical (unpaired) electrons. The summed E-state index contributed by atoms with van der Waals surface area (Å²) in [7, 11) is 0. The summed E-state index contributed by atoms with van der Waals surface area (Å²) >= 11 is 0. The van der Waals surface area contributed by atoms with Gasteiger partial charge in [0.15, 0.2) is 0 Å². The standard InChI is InChI=1S/C8H19N3O2/c1-6(2)13-4-3-11-5-7(9)8(10)12/h6-7,11H,3-5,9H2,1-2H3,(H2,10,12). The van der Waals surface area contributed by atoms with Gasteiger partial charge < -0.3 is 21.5 Å². The quantitative estimate of drug-likeness (QED) is 0.439. The molecule has 0 spiro atoms. The summed E-state index contributed by atoms with van der Waals surface area (Å²) in [5, 5.41) is 2.97. The van der Waals surface area contributed by atoms with Crippen LogP contribution in [0.2, 0.25) is 0 Å². The predicted octanol–water partition coefficient (Wildman–Crippen LogP) is -1.19. The molecule has 1 atom stereocenters. The molecule has 0 aromatic heterocycles. The average Bonchev–Trinajstić information content (AvgIpc) is 2.02. The van der Waals surface area contributed by atoms with Crippen molar-refractivity contribution in [3.63, 3.8) is 0 Å². The molecule has 0 aliphatic carbocycles. The fourth-order valence-corrected chi connectivity index (χ4v) is 0.725. The Labute approximate surface area is 78.8 Å². The van der Waals surface area contributed by atoms with Gasteiger partial charge in [-0.3, -0.25) is 4.79 Å². The van der Waals surface area contributed by atoms with Crippen molar-refractivity contribution >= 4 is 5.91 Å². The molecule has 0 aromatic carbocycles. The predicted molar refractivity (Wildman–Crippen MR) is 51.1 cm³/mol. The number of nitrogens with two attached hydrogens (primary N) is 2. The number of rotatable bonds is 7. The lowest BCUT2D eigenvalue weighted by molar-refractivity contribution is -0.119. The van der Waals surface area contributed by atoms with E-state index in [0.29, 0.717) is 19.7 Å². The Kier molecular flexibility index (Phi) is 6.48. The second kappa shape index (κ2) is 6.82. The Bertz CT molecular complexity index is 150. The number of amides is 1. The van der Waals surface area contributed by atoms with E-state index >= 15 is 0 Å². The summed E-state index contributed by atoms with van der Waals surface area (Å²) in [5.41, 5.74) is 10.3. The molecular weight excluding hydrogens is 170 g/mol. The maximum absolute atomic E-state index is 10.5. The molecule has 0 rings (SSSR count). The summed E-state index contributed by atoms with van der Waals surface area (Å²) < 4.78 is 5.26. The van der Waals surface area contributed by atoms with Gasteiger partial charge >= 0.3 is 0 Å². The van der Waals surface area contributed by atoms with Gasteiger partial charge in [0, 0.05) is 13.1 Å². The van der Waals surface area contributed by atoms with Gasteiger partial charge in [0.2, 0.25) is 5.91 Å². The van der Waals surface area contributed by atoms with E-state index in [9.17, 15) is 4.79 Å². The number of carbonyl (C=O) groups is 1. The van der Waals surface area contributed by atoms with Gasteiger partial charge in [-0.1, -0.05) is 0 Å². The lowest BCUT2D eigenvalue weighted by Crippen LogP contribution is -2.44. The van der Waals surface area contributed by atoms with Crippen molar-refractivity contribution in [1.82, 2.24) is 5.32 Å². The minimum atomic E-state index is -0.612. The molecule has 1 amide bonds. The molecule has 0 aliphatic rings. The van der Waals surface area contributed by atoms with Crippen molar-refractivity contribution < 1.29 is 9.53 Å². The van der Waals surface area contributed by atoms with Crippen LogP contribution in [0.5, 0.6) is 0 Å². The van der Waals surface area contributed by atoms with Gasteiger partial charge in [0.25, 0.3) is 0 Å². The van der Waals surface area contributed by atoms with Crippen LogP contribution in [0.1, 0.15) is 13.8 Å². The van der Waals surface area contributed by atoms with Crippen LogP contribution < -0.4 is 16.8 Å². The molecule has 0 heterocycles. The maximum Gasteiger partial charge on any atom is 0.235 e. The molecule has 0 aromatic rings. The highest BCUT2D eigenvalue weighted by atomic mass is 16.5. The van der Waals surface area contributed by atoms with E-state index in [-0.39, 0.29) is 6.10 Å². The molecule has 0 bridgehead atoms. The fraction of sp³-hybridized carbons (Fsp3) is 0.875. The lowest BCUT2D eigenvalue weighted by Gasteiger charge is -2.10. The molecule has 0 aliphatic heterocycles. The number of carbonyl (C=O) groups excluding carboxylic acids is 1. The second-order valence-corrected chi connectivity index (χ2v) is 3.13. The van der Waals surface area contributed by atoms with Crippen LogP contribution in [0.25, 0.3) is 0 Å². The molecule has 1 unspecified atom stereocenters. The molecule has 5 nitrogen and oxygen atoms in total. The third-order valence-electron chi connectivity index (χ3n) is 1.46. The average molecular weight is 189 g/mol. The van der Waals surface area contributed by atoms with Crippen LogP contribution in [0.3, 0.4) is 0 Å². The Balaban J connectivity index is 3.21. The van der Waals surface area contributed by atoms with Crippen molar-refractivity contribution in [3.8, 4) is 0 Å². The van der Waals surface area contributed by atoms with E-state index in [1.165, 1.54) is 0 Å². The van der Waals surface area contributed by atoms with Crippen LogP contribution in [-0.2, 0) is 9.53 Å². The van der Waals surface area contributed by atoms with Crippen molar-refractivity contribution in [3.05, 3.63) is 0 Å². The van der Waals surface area contributed by atoms with Crippen LogP contribution in [0.4, 0.5) is 0 Å². The molecule has 78 valence electrons. The van der Waals surface area contributed by atoms with Crippen LogP contribution in [0, 0.1) is 0 Å². The summed E-state index contributed by atoms with van der Waals surface area (Å²) in [6.07, 6.45) is 0.228. The SMILES string of the molecule is CC(C)OCCNCC(N)C(N)=O. The molecule has 0 saturated carbocycles. The number of ether oxygens (including phenoxy) is 1. The first-order valence-electron chi connectivity index (χ1n) is 4.41. The topological polar surface area (TPSA) is 90.4 Å². The second-order valence-electron chi connectivity index (χ2n) is 3.13. The number of nitrogens with one attached hydrogen (secondary N) is 1. The number of hydrogen-bond donors (Lipinski definition) is 3. The van der Waals surface area contributed by atoms with Gasteiger partial charge in [0.05, 0.1) is 18.8 Å². The monoisotopic (exact) mass is 189 g/mol. The molecule has 0 saturated heterocycles. The van der Waals surface area contributed by atoms with Gasteiger partial charge in [-0.15, -0.1) is 0 Å². The summed E-state index contributed by atoms with van der Waals surface area (Å²) in [5.74, 6) is -0.489. The summed E-state index contributed by atoms with van der Waals surface area (Å²) in [4.78, 5) is 10.5. The highest BCUT2D eigenvalue weighted by Crippen LogP contribution is 1.84. The third-order valence-corrected chi connectivity index (χ3v) is 1.46. The minimum Gasteiger partial charge on any atom is -0.377 e. The van der Waals surface area contributed by atoms with Crippen molar-refractivity contribution in [2.24, 2.45) is 11.5 Å². The fourth-order valence-electron chi connectivity index (χ4n) is 0.725. The first-order chi connectivity index (χ1) is 6.04. The normalized spacial score (nSPS) is 13.2. The highest BCUT2D eigenvalue weighted by molar-refractivity contribution is 5.79. The van der Waals surface area contributed by atoms with E-state index in [1.54, 1.807) is 0 Å². The lowest BCUT2D eigenvalue weighted by atomic mass is 10.3. The van der Waals surface area contributed by atoms with Gasteiger partial charge in [0.1, 0.15) is 0 Å². The Morgan fingerprint density at radius 2 is 2.15 bits per heavy atom. The summed E-state index contributed by atoms with van der Waals surface area (Å²) in [6, 6.07) is -0.612. The number of hydrogen-bond acceptors (Lipinski definition) is 4. The van der Waals surface area contributed by atoms with Crippen LogP contribution in [-0.4, -0.2) is 37.7 Å².